The third-order valence-corrected chi connectivity index (χ3v) is 1.19. The molecule has 0 radical (unpaired) electrons. The van der Waals surface area contributed by atoms with Gasteiger partial charge >= 0.3 is 7.60 Å². The Balaban J connectivity index is 0. The third-order valence-electron chi connectivity index (χ3n) is 1.19. The van der Waals surface area contributed by atoms with Gasteiger partial charge in [0.25, 0.3) is 0 Å². The summed E-state index contributed by atoms with van der Waals surface area (Å²) in [5.41, 5.74) is 0. The predicted molar refractivity (Wildman–Crippen MR) is 65.0 cm³/mol. The van der Waals surface area contributed by atoms with E-state index in [9.17, 15) is 14.0 Å². The maximum absolute atomic E-state index is 9.33. The fourth-order valence-corrected chi connectivity index (χ4v) is 0.689. The second-order valence-corrected chi connectivity index (χ2v) is 6.82. The molecule has 108 valence electrons. The molecule has 0 spiro atoms. The molecule has 0 amide bonds. The van der Waals surface area contributed by atoms with Crippen LogP contribution in [-0.2, 0) is 22.7 Å². The van der Waals surface area contributed by atoms with Crippen LogP contribution >= 0.6 is 15.2 Å². The highest BCUT2D eigenvalue weighted by Crippen LogP contribution is 2.26. The van der Waals surface area contributed by atoms with Crippen molar-refractivity contribution in [2.24, 2.45) is 7.05 Å². The zero-order valence-electron chi connectivity index (χ0n) is 10.8. The van der Waals surface area contributed by atoms with Crippen molar-refractivity contribution < 1.29 is 33.3 Å². The molecule has 0 aromatic carbocycles. The van der Waals surface area contributed by atoms with Crippen molar-refractivity contribution in [2.75, 3.05) is 13.3 Å². The van der Waals surface area contributed by atoms with Gasteiger partial charge in [-0.05, 0) is 6.92 Å². The zero-order valence-corrected chi connectivity index (χ0v) is 12.6. The summed E-state index contributed by atoms with van der Waals surface area (Å²) in [7, 11) is -5.51. The van der Waals surface area contributed by atoms with Crippen molar-refractivity contribution in [1.29, 1.82) is 0 Å². The normalized spacial score (nSPS) is 13.6. The van der Waals surface area contributed by atoms with Crippen LogP contribution in [0.2, 0.25) is 0 Å². The lowest BCUT2D eigenvalue weighted by Crippen LogP contribution is -2.23. The van der Waals surface area contributed by atoms with Crippen molar-refractivity contribution in [3.8, 4) is 0 Å². The van der Waals surface area contributed by atoms with Gasteiger partial charge in [0.1, 0.15) is 20.0 Å². The van der Waals surface area contributed by atoms with Gasteiger partial charge in [-0.25, -0.2) is 9.13 Å². The van der Waals surface area contributed by atoms with Gasteiger partial charge in [-0.1, -0.05) is 0 Å². The van der Waals surface area contributed by atoms with Crippen LogP contribution in [0.15, 0.2) is 18.7 Å². The molecular formula is C8H20N2O6P2. The smallest absolute Gasteiger partial charge is 0.322 e. The molecule has 3 N–H and O–H groups in total. The number of imidazole rings is 1. The molecule has 1 unspecified atom stereocenters. The number of hydrogen-bond acceptors (Lipinski definition) is 3. The Hall–Kier alpha value is -0.490. The number of nitrogens with zero attached hydrogens (tertiary/aromatic N) is 2. The molecule has 1 atom stereocenters. The number of aryl methyl sites for hydroxylation is 2. The van der Waals surface area contributed by atoms with Crippen LogP contribution in [0.4, 0.5) is 0 Å². The van der Waals surface area contributed by atoms with Crippen molar-refractivity contribution in [3.63, 3.8) is 0 Å². The molecule has 0 aliphatic rings. The Morgan fingerprint density at radius 2 is 1.61 bits per heavy atom. The third kappa shape index (κ3) is 29.6. The second-order valence-electron chi connectivity index (χ2n) is 3.55. The molecule has 1 aromatic rings. The molecular weight excluding hydrogens is 282 g/mol. The lowest BCUT2D eigenvalue weighted by Gasteiger charge is -2.04. The minimum atomic E-state index is -3.89. The summed E-state index contributed by atoms with van der Waals surface area (Å²) in [5, 5.41) is 0. The van der Waals surface area contributed by atoms with Crippen LogP contribution < -0.4 is 9.46 Å². The molecule has 1 heterocycles. The van der Waals surface area contributed by atoms with E-state index in [1.165, 1.54) is 0 Å². The number of hydrogen-bond donors (Lipinski definition) is 3. The average molecular weight is 302 g/mol. The van der Waals surface area contributed by atoms with E-state index in [0.717, 1.165) is 19.9 Å². The highest BCUT2D eigenvalue weighted by atomic mass is 31.2. The molecule has 0 aliphatic heterocycles. The quantitative estimate of drug-likeness (QED) is 0.464. The van der Waals surface area contributed by atoms with Gasteiger partial charge in [0.15, 0.2) is 0 Å². The second kappa shape index (κ2) is 8.58. The summed E-state index contributed by atoms with van der Waals surface area (Å²) in [4.78, 5) is 32.0. The first kappa shape index (κ1) is 19.8. The summed E-state index contributed by atoms with van der Waals surface area (Å²) < 4.78 is 22.7. The van der Waals surface area contributed by atoms with Crippen molar-refractivity contribution in [1.82, 2.24) is 4.57 Å². The van der Waals surface area contributed by atoms with Gasteiger partial charge in [-0.2, -0.15) is 0 Å². The SMILES string of the molecule is CCn1cc[n+](C)c1.CP(=O)(O)O.CP(=O)([O-])O. The van der Waals surface area contributed by atoms with Gasteiger partial charge in [0.05, 0.1) is 13.6 Å². The fourth-order valence-electron chi connectivity index (χ4n) is 0.689. The first-order chi connectivity index (χ1) is 7.83. The van der Waals surface area contributed by atoms with Gasteiger partial charge in [-0.3, -0.25) is 4.57 Å². The molecule has 0 saturated carbocycles. The number of aromatic nitrogens is 2. The molecule has 8 nitrogen and oxygen atoms in total. The van der Waals surface area contributed by atoms with Crippen LogP contribution in [0.25, 0.3) is 0 Å². The molecule has 0 aliphatic carbocycles. The highest BCUT2D eigenvalue weighted by Gasteiger charge is 1.95. The predicted octanol–water partition coefficient (Wildman–Crippen LogP) is -0.712. The summed E-state index contributed by atoms with van der Waals surface area (Å²) in [6.07, 6.45) is 6.14. The first-order valence-corrected chi connectivity index (χ1v) is 8.96. The molecule has 1 rings (SSSR count). The Bertz CT molecular complexity index is 384. The van der Waals surface area contributed by atoms with Crippen LogP contribution in [0.3, 0.4) is 0 Å². The largest absolute Gasteiger partial charge is 0.779 e. The van der Waals surface area contributed by atoms with E-state index in [1.807, 2.05) is 17.8 Å². The van der Waals surface area contributed by atoms with Crippen LogP contribution in [0.1, 0.15) is 6.92 Å². The van der Waals surface area contributed by atoms with Gasteiger partial charge in [0, 0.05) is 13.3 Å². The van der Waals surface area contributed by atoms with E-state index in [0.29, 0.717) is 0 Å². The summed E-state index contributed by atoms with van der Waals surface area (Å²) in [6.45, 7) is 4.78. The van der Waals surface area contributed by atoms with E-state index in [4.69, 9.17) is 14.7 Å². The van der Waals surface area contributed by atoms with Gasteiger partial charge in [0.2, 0.25) is 6.33 Å². The van der Waals surface area contributed by atoms with E-state index in [-0.39, 0.29) is 0 Å². The number of rotatable bonds is 1. The van der Waals surface area contributed by atoms with Gasteiger partial charge < -0.3 is 24.1 Å². The van der Waals surface area contributed by atoms with E-state index >= 15 is 0 Å². The molecule has 1 aromatic heterocycles. The molecule has 0 bridgehead atoms. The Morgan fingerprint density at radius 1 is 1.28 bits per heavy atom. The monoisotopic (exact) mass is 302 g/mol. The lowest BCUT2D eigenvalue weighted by molar-refractivity contribution is -0.671. The Labute approximate surface area is 106 Å². The highest BCUT2D eigenvalue weighted by molar-refractivity contribution is 7.50. The Morgan fingerprint density at radius 3 is 1.72 bits per heavy atom. The minimum absolute atomic E-state index is 0.743. The topological polar surface area (TPSA) is 127 Å². The van der Waals surface area contributed by atoms with Crippen molar-refractivity contribution >= 4 is 15.2 Å². The molecule has 18 heavy (non-hydrogen) atoms. The van der Waals surface area contributed by atoms with E-state index in [2.05, 4.69) is 24.0 Å². The first-order valence-electron chi connectivity index (χ1n) is 4.88. The van der Waals surface area contributed by atoms with E-state index in [1.54, 1.807) is 0 Å². The Kier molecular flexibility index (Phi) is 9.46. The zero-order chi connectivity index (χ0) is 15.0. The van der Waals surface area contributed by atoms with Crippen molar-refractivity contribution in [2.45, 2.75) is 13.5 Å². The van der Waals surface area contributed by atoms with Gasteiger partial charge in [-0.15, -0.1) is 0 Å². The molecule has 10 heteroatoms. The summed E-state index contributed by atoms with van der Waals surface area (Å²) in [6, 6.07) is 0. The standard InChI is InChI=1S/C6H11N2.2CH5O3P/c1-3-8-5-4-7(2)6-8;2*1-5(2,3)4/h4-6H,3H2,1-2H3;2*1H3,(H2,2,3,4)/q+1;;/p-1. The summed E-state index contributed by atoms with van der Waals surface area (Å²) >= 11 is 0. The van der Waals surface area contributed by atoms with E-state index < -0.39 is 15.2 Å². The van der Waals surface area contributed by atoms with Crippen LogP contribution in [-0.4, -0.2) is 32.6 Å². The maximum atomic E-state index is 9.33. The average Bonchev–Trinajstić information content (AvgIpc) is 2.44. The molecule has 0 fully saturated rings. The fraction of sp³-hybridized carbons (Fsp3) is 0.625. The molecule has 0 saturated heterocycles. The van der Waals surface area contributed by atoms with Crippen LogP contribution in [0.5, 0.6) is 0 Å². The van der Waals surface area contributed by atoms with Crippen LogP contribution in [0, 0.1) is 0 Å². The minimum Gasteiger partial charge on any atom is -0.779 e. The lowest BCUT2D eigenvalue weighted by atomic mass is 10.7. The van der Waals surface area contributed by atoms with Crippen molar-refractivity contribution in [3.05, 3.63) is 18.7 Å². The maximum Gasteiger partial charge on any atom is 0.322 e. The summed E-state index contributed by atoms with van der Waals surface area (Å²) in [5.74, 6) is 0.